The second-order valence-electron chi connectivity index (χ2n) is 5.61. The van der Waals surface area contributed by atoms with Crippen LogP contribution in [0.25, 0.3) is 0 Å². The first kappa shape index (κ1) is 16.1. The van der Waals surface area contributed by atoms with Gasteiger partial charge in [-0.3, -0.25) is 4.79 Å². The van der Waals surface area contributed by atoms with Crippen LogP contribution in [0.1, 0.15) is 43.1 Å². The van der Waals surface area contributed by atoms with Crippen LogP contribution in [-0.2, 0) is 11.2 Å². The third-order valence-corrected chi connectivity index (χ3v) is 4.04. The molecule has 1 aliphatic heterocycles. The van der Waals surface area contributed by atoms with Gasteiger partial charge in [0.25, 0.3) is 5.91 Å². The summed E-state index contributed by atoms with van der Waals surface area (Å²) in [5.41, 5.74) is 1.07. The smallest absolute Gasteiger partial charge is 0.299 e. The molecule has 24 heavy (non-hydrogen) atoms. The lowest BCUT2D eigenvalue weighted by Gasteiger charge is -2.18. The van der Waals surface area contributed by atoms with E-state index in [-0.39, 0.29) is 11.9 Å². The molecular formula is C18H19N3O3. The topological polar surface area (TPSA) is 68.5 Å². The summed E-state index contributed by atoms with van der Waals surface area (Å²) < 4.78 is 10.5. The molecule has 2 heterocycles. The molecule has 1 fully saturated rings. The Morgan fingerprint density at radius 2 is 2.21 bits per heavy atom. The number of carbonyl (C=O) groups excluding carboxylic acids is 1. The molecule has 1 aliphatic rings. The van der Waals surface area contributed by atoms with Crippen LogP contribution in [0.5, 0.6) is 5.75 Å². The Bertz CT molecular complexity index is 771. The van der Waals surface area contributed by atoms with Crippen LogP contribution in [0.15, 0.2) is 28.8 Å². The summed E-state index contributed by atoms with van der Waals surface area (Å²) in [6.07, 6.45) is 2.31. The Hall–Kier alpha value is -2.81. The fourth-order valence-corrected chi connectivity index (χ4v) is 2.85. The molecular weight excluding hydrogens is 306 g/mol. The first-order valence-corrected chi connectivity index (χ1v) is 7.90. The van der Waals surface area contributed by atoms with Crippen molar-refractivity contribution in [3.63, 3.8) is 0 Å². The molecule has 0 bridgehead atoms. The summed E-state index contributed by atoms with van der Waals surface area (Å²) >= 11 is 0. The van der Waals surface area contributed by atoms with Gasteiger partial charge in [0.15, 0.2) is 5.82 Å². The second kappa shape index (κ2) is 7.18. The van der Waals surface area contributed by atoms with Gasteiger partial charge in [-0.1, -0.05) is 23.2 Å². The van der Waals surface area contributed by atoms with Crippen LogP contribution in [0.4, 0.5) is 0 Å². The normalized spacial score (nSPS) is 16.6. The fraction of sp³-hybridized carbons (Fsp3) is 0.389. The summed E-state index contributed by atoms with van der Waals surface area (Å²) in [7, 11) is 1.64. The van der Waals surface area contributed by atoms with Crippen LogP contribution < -0.4 is 4.74 Å². The monoisotopic (exact) mass is 325 g/mol. The Morgan fingerprint density at radius 3 is 2.92 bits per heavy atom. The SMILES string of the molecule is CC#CC(=O)N1CCCC1c1nc(Cc2ccc(OC)cc2)no1. The standard InChI is InChI=1S/C18H19N3O3/c1-3-5-17(22)21-11-4-6-15(21)18-19-16(20-24-18)12-13-7-9-14(23-2)10-8-13/h7-10,15H,4,6,11-12H2,1-2H3. The number of rotatable bonds is 4. The maximum absolute atomic E-state index is 12.0. The van der Waals surface area contributed by atoms with E-state index >= 15 is 0 Å². The van der Waals surface area contributed by atoms with Crippen molar-refractivity contribution in [3.8, 4) is 17.6 Å². The fourth-order valence-electron chi connectivity index (χ4n) is 2.85. The predicted octanol–water partition coefficient (Wildman–Crippen LogP) is 2.36. The van der Waals surface area contributed by atoms with Gasteiger partial charge in [0.2, 0.25) is 5.89 Å². The van der Waals surface area contributed by atoms with Crippen molar-refractivity contribution in [2.45, 2.75) is 32.2 Å². The van der Waals surface area contributed by atoms with E-state index in [0.717, 1.165) is 24.2 Å². The van der Waals surface area contributed by atoms with Crippen molar-refractivity contribution in [3.05, 3.63) is 41.5 Å². The van der Waals surface area contributed by atoms with Crippen LogP contribution in [0.3, 0.4) is 0 Å². The zero-order chi connectivity index (χ0) is 16.9. The zero-order valence-electron chi connectivity index (χ0n) is 13.8. The first-order chi connectivity index (χ1) is 11.7. The lowest BCUT2D eigenvalue weighted by atomic mass is 10.1. The van der Waals surface area contributed by atoms with Gasteiger partial charge in [-0.15, -0.1) is 0 Å². The lowest BCUT2D eigenvalue weighted by molar-refractivity contribution is -0.126. The summed E-state index contributed by atoms with van der Waals surface area (Å²) in [6, 6.07) is 7.57. The molecule has 1 aromatic carbocycles. The first-order valence-electron chi connectivity index (χ1n) is 7.90. The molecule has 6 nitrogen and oxygen atoms in total. The Balaban J connectivity index is 1.72. The second-order valence-corrected chi connectivity index (χ2v) is 5.61. The van der Waals surface area contributed by atoms with Crippen molar-refractivity contribution >= 4 is 5.91 Å². The number of nitrogens with zero attached hydrogens (tertiary/aromatic N) is 3. The van der Waals surface area contributed by atoms with E-state index in [1.807, 2.05) is 24.3 Å². The molecule has 1 unspecified atom stereocenters. The van der Waals surface area contributed by atoms with E-state index in [4.69, 9.17) is 9.26 Å². The number of ether oxygens (including phenoxy) is 1. The van der Waals surface area contributed by atoms with Crippen molar-refractivity contribution in [2.24, 2.45) is 0 Å². The molecule has 3 rings (SSSR count). The number of likely N-dealkylation sites (tertiary alicyclic amines) is 1. The minimum Gasteiger partial charge on any atom is -0.497 e. The molecule has 0 aliphatic carbocycles. The van der Waals surface area contributed by atoms with Gasteiger partial charge in [-0.2, -0.15) is 4.98 Å². The average Bonchev–Trinajstić information content (AvgIpc) is 3.24. The molecule has 0 radical (unpaired) electrons. The molecule has 124 valence electrons. The molecule has 1 atom stereocenters. The third-order valence-electron chi connectivity index (χ3n) is 4.04. The number of amides is 1. The number of hydrogen-bond acceptors (Lipinski definition) is 5. The van der Waals surface area contributed by atoms with E-state index in [9.17, 15) is 4.79 Å². The summed E-state index contributed by atoms with van der Waals surface area (Å²) in [4.78, 5) is 18.2. The molecule has 1 amide bonds. The van der Waals surface area contributed by atoms with Gasteiger partial charge >= 0.3 is 0 Å². The van der Waals surface area contributed by atoms with E-state index in [1.54, 1.807) is 18.9 Å². The van der Waals surface area contributed by atoms with Crippen LogP contribution >= 0.6 is 0 Å². The predicted molar refractivity (Wildman–Crippen MR) is 87.2 cm³/mol. The third kappa shape index (κ3) is 3.40. The van der Waals surface area contributed by atoms with Crippen LogP contribution in [-0.4, -0.2) is 34.6 Å². The highest BCUT2D eigenvalue weighted by Gasteiger charge is 2.33. The van der Waals surface area contributed by atoms with Crippen molar-refractivity contribution in [1.29, 1.82) is 0 Å². The van der Waals surface area contributed by atoms with Crippen molar-refractivity contribution in [2.75, 3.05) is 13.7 Å². The van der Waals surface area contributed by atoms with Gasteiger partial charge in [0, 0.05) is 13.0 Å². The number of carbonyl (C=O) groups is 1. The highest BCUT2D eigenvalue weighted by Crippen LogP contribution is 2.31. The van der Waals surface area contributed by atoms with Crippen LogP contribution in [0, 0.1) is 11.8 Å². The molecule has 0 N–H and O–H groups in total. The van der Waals surface area contributed by atoms with Gasteiger partial charge in [0.1, 0.15) is 11.8 Å². The molecule has 6 heteroatoms. The average molecular weight is 325 g/mol. The minimum absolute atomic E-state index is 0.171. The summed E-state index contributed by atoms with van der Waals surface area (Å²) in [6.45, 7) is 2.33. The Labute approximate surface area is 140 Å². The van der Waals surface area contributed by atoms with E-state index in [1.165, 1.54) is 0 Å². The summed E-state index contributed by atoms with van der Waals surface area (Å²) in [5, 5.41) is 4.05. The maximum Gasteiger partial charge on any atom is 0.299 e. The highest BCUT2D eigenvalue weighted by molar-refractivity contribution is 5.93. The highest BCUT2D eigenvalue weighted by atomic mass is 16.5. The van der Waals surface area contributed by atoms with Gasteiger partial charge in [-0.25, -0.2) is 0 Å². The molecule has 2 aromatic rings. The molecule has 1 saturated heterocycles. The quantitative estimate of drug-likeness (QED) is 0.807. The Morgan fingerprint density at radius 1 is 1.42 bits per heavy atom. The number of benzene rings is 1. The van der Waals surface area contributed by atoms with Crippen molar-refractivity contribution < 1.29 is 14.1 Å². The van der Waals surface area contributed by atoms with Gasteiger partial charge in [0.05, 0.1) is 7.11 Å². The van der Waals surface area contributed by atoms with Gasteiger partial charge in [-0.05, 0) is 43.4 Å². The van der Waals surface area contributed by atoms with Gasteiger partial charge < -0.3 is 14.2 Å². The zero-order valence-corrected chi connectivity index (χ0v) is 13.8. The number of hydrogen-bond donors (Lipinski definition) is 0. The van der Waals surface area contributed by atoms with E-state index in [0.29, 0.717) is 24.7 Å². The minimum atomic E-state index is -0.185. The number of aromatic nitrogens is 2. The van der Waals surface area contributed by atoms with Crippen molar-refractivity contribution in [1.82, 2.24) is 15.0 Å². The molecule has 1 aromatic heterocycles. The molecule has 0 spiro atoms. The lowest BCUT2D eigenvalue weighted by Crippen LogP contribution is -2.29. The van der Waals surface area contributed by atoms with Crippen LogP contribution in [0.2, 0.25) is 0 Å². The number of methoxy groups -OCH3 is 1. The largest absolute Gasteiger partial charge is 0.497 e. The maximum atomic E-state index is 12.0. The Kier molecular flexibility index (Phi) is 4.80. The molecule has 0 saturated carbocycles. The van der Waals surface area contributed by atoms with E-state index in [2.05, 4.69) is 22.0 Å². The van der Waals surface area contributed by atoms with E-state index < -0.39 is 0 Å². The summed E-state index contributed by atoms with van der Waals surface area (Å²) in [5.74, 6) is 6.95.